The largest absolute Gasteiger partial charge is 0.479 e. The monoisotopic (exact) mass is 235 g/mol. The molecule has 17 heavy (non-hydrogen) atoms. The normalized spacial score (nSPS) is 19.9. The zero-order valence-electron chi connectivity index (χ0n) is 9.27. The summed E-state index contributed by atoms with van der Waals surface area (Å²) in [6.07, 6.45) is -0.529. The van der Waals surface area contributed by atoms with E-state index in [-0.39, 0.29) is 5.91 Å². The zero-order chi connectivity index (χ0) is 12.6. The van der Waals surface area contributed by atoms with Gasteiger partial charge in [-0.05, 0) is 24.6 Å². The van der Waals surface area contributed by atoms with Gasteiger partial charge in [0, 0.05) is 0 Å². The minimum atomic E-state index is -0.892. The van der Waals surface area contributed by atoms with E-state index in [0.29, 0.717) is 17.0 Å². The number of amides is 2. The molecule has 0 spiro atoms. The number of carbonyl (C=O) groups is 2. The number of primary amides is 1. The molecule has 5 N–H and O–H groups in total. The lowest BCUT2D eigenvalue weighted by Crippen LogP contribution is -2.34. The van der Waals surface area contributed by atoms with Gasteiger partial charge >= 0.3 is 0 Å². The molecule has 0 radical (unpaired) electrons. The van der Waals surface area contributed by atoms with Gasteiger partial charge in [-0.3, -0.25) is 9.59 Å². The number of nitrogens with two attached hydrogens (primary N) is 2. The van der Waals surface area contributed by atoms with Gasteiger partial charge in [0.15, 0.2) is 6.10 Å². The second kappa shape index (κ2) is 4.06. The van der Waals surface area contributed by atoms with E-state index in [2.05, 4.69) is 5.32 Å². The molecule has 1 aliphatic rings. The van der Waals surface area contributed by atoms with Crippen LogP contribution in [0, 0.1) is 0 Å². The van der Waals surface area contributed by atoms with Crippen molar-refractivity contribution in [3.63, 3.8) is 0 Å². The minimum absolute atomic E-state index is 0.234. The van der Waals surface area contributed by atoms with E-state index >= 15 is 0 Å². The van der Waals surface area contributed by atoms with Crippen molar-refractivity contribution in [2.24, 2.45) is 11.5 Å². The molecule has 6 heteroatoms. The maximum absolute atomic E-state index is 11.4. The fourth-order valence-electron chi connectivity index (χ4n) is 1.58. The number of hydrogen-bond acceptors (Lipinski definition) is 4. The third-order valence-corrected chi connectivity index (χ3v) is 2.60. The van der Waals surface area contributed by atoms with Crippen LogP contribution in [0.5, 0.6) is 5.75 Å². The number of anilines is 1. The number of nitrogens with one attached hydrogen (secondary N) is 1. The second-order valence-electron chi connectivity index (χ2n) is 3.88. The lowest BCUT2D eigenvalue weighted by molar-refractivity contribution is -0.122. The lowest BCUT2D eigenvalue weighted by Gasteiger charge is -2.24. The number of benzene rings is 1. The molecule has 0 fully saturated rings. The third-order valence-electron chi connectivity index (χ3n) is 2.60. The molecule has 2 unspecified atom stereocenters. The highest BCUT2D eigenvalue weighted by molar-refractivity contribution is 5.97. The Labute approximate surface area is 97.9 Å². The molecule has 6 nitrogen and oxygen atoms in total. The molecule has 2 atom stereocenters. The van der Waals surface area contributed by atoms with E-state index in [1.165, 1.54) is 0 Å². The Morgan fingerprint density at radius 1 is 1.53 bits per heavy atom. The molecule has 0 aliphatic carbocycles. The van der Waals surface area contributed by atoms with Crippen LogP contribution in [-0.2, 0) is 9.59 Å². The van der Waals surface area contributed by atoms with Crippen molar-refractivity contribution >= 4 is 17.5 Å². The first kappa shape index (κ1) is 11.4. The predicted octanol–water partition coefficient (Wildman–Crippen LogP) is -0.109. The van der Waals surface area contributed by atoms with Crippen LogP contribution < -0.4 is 21.5 Å². The van der Waals surface area contributed by atoms with E-state index in [9.17, 15) is 9.59 Å². The first-order valence-corrected chi connectivity index (χ1v) is 5.15. The van der Waals surface area contributed by atoms with Crippen LogP contribution in [0.1, 0.15) is 18.5 Å². The van der Waals surface area contributed by atoms with E-state index in [1.807, 2.05) is 0 Å². The van der Waals surface area contributed by atoms with Gasteiger partial charge in [0.2, 0.25) is 5.91 Å². The van der Waals surface area contributed by atoms with E-state index in [0.717, 1.165) is 0 Å². The molecule has 0 saturated carbocycles. The van der Waals surface area contributed by atoms with Gasteiger partial charge in [0.05, 0.1) is 5.69 Å². The summed E-state index contributed by atoms with van der Waals surface area (Å²) < 4.78 is 5.37. The number of rotatable bonds is 2. The number of ether oxygens (including phenoxy) is 1. The molecule has 0 bridgehead atoms. The topological polar surface area (TPSA) is 107 Å². The van der Waals surface area contributed by atoms with E-state index in [1.54, 1.807) is 25.1 Å². The maximum Gasteiger partial charge on any atom is 0.265 e. The Morgan fingerprint density at radius 2 is 2.24 bits per heavy atom. The van der Waals surface area contributed by atoms with Gasteiger partial charge in [-0.2, -0.15) is 0 Å². The summed E-state index contributed by atoms with van der Waals surface area (Å²) in [5.41, 5.74) is 11.8. The first-order valence-electron chi connectivity index (χ1n) is 5.15. The van der Waals surface area contributed by atoms with Crippen LogP contribution in [0.2, 0.25) is 0 Å². The highest BCUT2D eigenvalue weighted by Gasteiger charge is 2.24. The Bertz CT molecular complexity index is 487. The Kier molecular flexibility index (Phi) is 2.72. The summed E-state index contributed by atoms with van der Waals surface area (Å²) in [5.74, 6) is -0.304. The van der Waals surface area contributed by atoms with Gasteiger partial charge in [-0.25, -0.2) is 0 Å². The molecule has 2 rings (SSSR count). The summed E-state index contributed by atoms with van der Waals surface area (Å²) in [5, 5.41) is 2.67. The average molecular weight is 235 g/mol. The molecule has 0 saturated heterocycles. The van der Waals surface area contributed by atoms with Gasteiger partial charge < -0.3 is 21.5 Å². The fraction of sp³-hybridized carbons (Fsp3) is 0.273. The molecular weight excluding hydrogens is 222 g/mol. The third kappa shape index (κ3) is 2.07. The highest BCUT2D eigenvalue weighted by atomic mass is 16.5. The second-order valence-corrected chi connectivity index (χ2v) is 3.88. The van der Waals surface area contributed by atoms with Gasteiger partial charge in [-0.1, -0.05) is 6.07 Å². The van der Waals surface area contributed by atoms with Crippen LogP contribution in [0.25, 0.3) is 0 Å². The van der Waals surface area contributed by atoms with Gasteiger partial charge in [0.1, 0.15) is 11.8 Å². The quantitative estimate of drug-likeness (QED) is 0.664. The summed E-state index contributed by atoms with van der Waals surface area (Å²) in [7, 11) is 0. The van der Waals surface area contributed by atoms with Gasteiger partial charge in [-0.15, -0.1) is 0 Å². The maximum atomic E-state index is 11.4. The van der Waals surface area contributed by atoms with Crippen molar-refractivity contribution < 1.29 is 14.3 Å². The molecule has 1 aromatic carbocycles. The lowest BCUT2D eigenvalue weighted by atomic mass is 10.1. The summed E-state index contributed by atoms with van der Waals surface area (Å²) in [4.78, 5) is 22.4. The highest BCUT2D eigenvalue weighted by Crippen LogP contribution is 2.31. The van der Waals surface area contributed by atoms with Crippen LogP contribution in [0.15, 0.2) is 18.2 Å². The summed E-state index contributed by atoms with van der Waals surface area (Å²) in [6, 6.07) is 4.01. The van der Waals surface area contributed by atoms with Gasteiger partial charge in [0.25, 0.3) is 5.91 Å². The van der Waals surface area contributed by atoms with Crippen molar-refractivity contribution in [2.75, 3.05) is 5.32 Å². The van der Waals surface area contributed by atoms with Crippen LogP contribution in [0.4, 0.5) is 5.69 Å². The van der Waals surface area contributed by atoms with Crippen LogP contribution in [-0.4, -0.2) is 17.9 Å². The fourth-order valence-corrected chi connectivity index (χ4v) is 1.58. The van der Waals surface area contributed by atoms with Crippen molar-refractivity contribution in [1.29, 1.82) is 0 Å². The molecule has 90 valence electrons. The number of fused-ring (bicyclic) bond motifs is 1. The van der Waals surface area contributed by atoms with Crippen molar-refractivity contribution in [3.8, 4) is 5.75 Å². The molecule has 2 amide bonds. The van der Waals surface area contributed by atoms with Crippen LogP contribution >= 0.6 is 0 Å². The van der Waals surface area contributed by atoms with Crippen LogP contribution in [0.3, 0.4) is 0 Å². The van der Waals surface area contributed by atoms with E-state index < -0.39 is 18.1 Å². The summed E-state index contributed by atoms with van der Waals surface area (Å²) >= 11 is 0. The first-order chi connectivity index (χ1) is 7.99. The van der Waals surface area contributed by atoms with Crippen molar-refractivity contribution in [2.45, 2.75) is 19.1 Å². The Hall–Kier alpha value is -2.08. The average Bonchev–Trinajstić information content (AvgIpc) is 2.29. The zero-order valence-corrected chi connectivity index (χ0v) is 9.27. The molecule has 1 aliphatic heterocycles. The molecule has 1 heterocycles. The molecule has 1 aromatic rings. The summed E-state index contributed by atoms with van der Waals surface area (Å²) in [6.45, 7) is 1.65. The smallest absolute Gasteiger partial charge is 0.265 e. The standard InChI is InChI=1S/C11H13N3O3/c1-5-11(16)14-7-4-6(9(12)10(13)15)2-3-8(7)17-5/h2-5,9H,12H2,1H3,(H2,13,15)(H,14,16). The predicted molar refractivity (Wildman–Crippen MR) is 61.3 cm³/mol. The Balaban J connectivity index is 2.35. The Morgan fingerprint density at radius 3 is 2.88 bits per heavy atom. The van der Waals surface area contributed by atoms with E-state index in [4.69, 9.17) is 16.2 Å². The molecule has 0 aromatic heterocycles. The van der Waals surface area contributed by atoms with Crippen molar-refractivity contribution in [3.05, 3.63) is 23.8 Å². The minimum Gasteiger partial charge on any atom is -0.479 e. The SMILES string of the molecule is CC1Oc2ccc(C(N)C(N)=O)cc2NC1=O. The number of carbonyl (C=O) groups excluding carboxylic acids is 2. The molecular formula is C11H13N3O3. The number of hydrogen-bond donors (Lipinski definition) is 3. The van der Waals surface area contributed by atoms with Crippen molar-refractivity contribution in [1.82, 2.24) is 0 Å².